The first-order valence-corrected chi connectivity index (χ1v) is 9.30. The number of benzene rings is 1. The quantitative estimate of drug-likeness (QED) is 0.743. The largest absolute Gasteiger partial charge is 0.334 e. The lowest BCUT2D eigenvalue weighted by molar-refractivity contribution is 0.526. The molecule has 0 spiro atoms. The molecule has 1 aliphatic rings. The Balaban J connectivity index is 1.80. The molecule has 1 aliphatic heterocycles. The van der Waals surface area contributed by atoms with E-state index in [0.29, 0.717) is 18.0 Å². The normalized spacial score (nSPS) is 22.8. The Hall–Kier alpha value is -2.44. The molecule has 3 aromatic rings. The van der Waals surface area contributed by atoms with Crippen molar-refractivity contribution in [3.63, 3.8) is 0 Å². The minimum Gasteiger partial charge on any atom is -0.334 e. The average molecular weight is 350 g/mol. The zero-order valence-corrected chi connectivity index (χ0v) is 15.6. The number of nitrogens with zero attached hydrogens (tertiary/aromatic N) is 4. The predicted octanol–water partition coefficient (Wildman–Crippen LogP) is 2.78. The second-order valence-corrected chi connectivity index (χ2v) is 6.99. The zero-order chi connectivity index (χ0) is 18.1. The number of aryl methyl sites for hydroxylation is 1. The number of hydrogen-bond donors (Lipinski definition) is 2. The smallest absolute Gasteiger partial charge is 0.128 e. The summed E-state index contributed by atoms with van der Waals surface area (Å²) in [6, 6.07) is 11.1. The van der Waals surface area contributed by atoms with Crippen LogP contribution in [-0.4, -0.2) is 31.2 Å². The standard InChI is InChI=1S/C20H26N6/c1-4-25-11-10-21-17(25)12-26-13-22-19(16-8-6-5-7-9-16)20(26)18-14(2)23-24-15(18)3/h5-11,13-15,18,23-24H,4,12H2,1-3H3. The van der Waals surface area contributed by atoms with Crippen LogP contribution in [0.2, 0.25) is 0 Å². The molecule has 0 radical (unpaired) electrons. The van der Waals surface area contributed by atoms with E-state index in [0.717, 1.165) is 30.2 Å². The van der Waals surface area contributed by atoms with Gasteiger partial charge in [0.1, 0.15) is 5.82 Å². The van der Waals surface area contributed by atoms with Crippen molar-refractivity contribution in [2.24, 2.45) is 0 Å². The molecule has 0 saturated carbocycles. The molecule has 4 rings (SSSR count). The third-order valence-electron chi connectivity index (χ3n) is 5.31. The van der Waals surface area contributed by atoms with Gasteiger partial charge in [0, 0.05) is 42.5 Å². The summed E-state index contributed by atoms with van der Waals surface area (Å²) in [4.78, 5) is 9.36. The molecule has 1 fully saturated rings. The van der Waals surface area contributed by atoms with Crippen LogP contribution in [0.25, 0.3) is 11.3 Å². The molecule has 2 atom stereocenters. The average Bonchev–Trinajstić information content (AvgIpc) is 3.36. The molecule has 136 valence electrons. The molecule has 6 heteroatoms. The Bertz CT molecular complexity index is 856. The van der Waals surface area contributed by atoms with Crippen LogP contribution in [0.15, 0.2) is 49.1 Å². The van der Waals surface area contributed by atoms with Crippen molar-refractivity contribution < 1.29 is 0 Å². The number of aromatic nitrogens is 4. The Morgan fingerprint density at radius 1 is 1.00 bits per heavy atom. The summed E-state index contributed by atoms with van der Waals surface area (Å²) in [5.41, 5.74) is 10.3. The summed E-state index contributed by atoms with van der Waals surface area (Å²) in [6.07, 6.45) is 5.87. The summed E-state index contributed by atoms with van der Waals surface area (Å²) in [5.74, 6) is 1.39. The molecule has 0 aliphatic carbocycles. The first kappa shape index (κ1) is 17.0. The van der Waals surface area contributed by atoms with Crippen molar-refractivity contribution in [1.82, 2.24) is 30.0 Å². The molecule has 2 aromatic heterocycles. The van der Waals surface area contributed by atoms with E-state index in [-0.39, 0.29) is 0 Å². The van der Waals surface area contributed by atoms with E-state index in [4.69, 9.17) is 4.98 Å². The van der Waals surface area contributed by atoms with Crippen LogP contribution in [0, 0.1) is 0 Å². The van der Waals surface area contributed by atoms with Crippen molar-refractivity contribution >= 4 is 0 Å². The summed E-state index contributed by atoms with van der Waals surface area (Å²) in [5, 5.41) is 0. The number of nitrogens with one attached hydrogen (secondary N) is 2. The van der Waals surface area contributed by atoms with Crippen LogP contribution in [0.5, 0.6) is 0 Å². The van der Waals surface area contributed by atoms with Gasteiger partial charge in [-0.1, -0.05) is 30.3 Å². The molecule has 1 saturated heterocycles. The maximum absolute atomic E-state index is 4.81. The Morgan fingerprint density at radius 2 is 1.73 bits per heavy atom. The number of imidazole rings is 2. The van der Waals surface area contributed by atoms with Gasteiger partial charge in [0.2, 0.25) is 0 Å². The van der Waals surface area contributed by atoms with Gasteiger partial charge in [-0.2, -0.15) is 0 Å². The van der Waals surface area contributed by atoms with Gasteiger partial charge >= 0.3 is 0 Å². The highest BCUT2D eigenvalue weighted by atomic mass is 15.4. The van der Waals surface area contributed by atoms with Crippen molar-refractivity contribution in [2.45, 2.75) is 51.9 Å². The second kappa shape index (κ2) is 7.05. The first-order chi connectivity index (χ1) is 12.7. The van der Waals surface area contributed by atoms with Crippen LogP contribution in [0.1, 0.15) is 38.2 Å². The van der Waals surface area contributed by atoms with Gasteiger partial charge in [0.05, 0.1) is 24.3 Å². The Labute approximate surface area is 154 Å². The van der Waals surface area contributed by atoms with Gasteiger partial charge in [0.25, 0.3) is 0 Å². The fourth-order valence-electron chi connectivity index (χ4n) is 3.97. The fourth-order valence-corrected chi connectivity index (χ4v) is 3.97. The van der Waals surface area contributed by atoms with Crippen molar-refractivity contribution in [1.29, 1.82) is 0 Å². The van der Waals surface area contributed by atoms with Gasteiger partial charge in [0.15, 0.2) is 0 Å². The molecule has 0 amide bonds. The number of hydrazine groups is 1. The third kappa shape index (κ3) is 2.95. The summed E-state index contributed by atoms with van der Waals surface area (Å²) in [6.45, 7) is 8.24. The lowest BCUT2D eigenvalue weighted by atomic mass is 9.90. The second-order valence-electron chi connectivity index (χ2n) is 6.99. The van der Waals surface area contributed by atoms with E-state index in [2.05, 4.69) is 70.0 Å². The summed E-state index contributed by atoms with van der Waals surface area (Å²) < 4.78 is 4.45. The molecule has 6 nitrogen and oxygen atoms in total. The molecular formula is C20H26N6. The van der Waals surface area contributed by atoms with Crippen molar-refractivity contribution in [3.8, 4) is 11.3 Å². The molecule has 3 heterocycles. The molecule has 2 N–H and O–H groups in total. The Kier molecular flexibility index (Phi) is 4.61. The van der Waals surface area contributed by atoms with Gasteiger partial charge < -0.3 is 9.13 Å². The van der Waals surface area contributed by atoms with E-state index < -0.39 is 0 Å². The molecular weight excluding hydrogens is 324 g/mol. The topological polar surface area (TPSA) is 59.7 Å². The van der Waals surface area contributed by atoms with Crippen molar-refractivity contribution in [2.75, 3.05) is 0 Å². The fraction of sp³-hybridized carbons (Fsp3) is 0.400. The first-order valence-electron chi connectivity index (χ1n) is 9.30. The van der Waals surface area contributed by atoms with Gasteiger partial charge in [-0.3, -0.25) is 10.9 Å². The summed E-state index contributed by atoms with van der Waals surface area (Å²) in [7, 11) is 0. The highest BCUT2D eigenvalue weighted by Gasteiger charge is 2.36. The lowest BCUT2D eigenvalue weighted by Crippen LogP contribution is -2.30. The maximum Gasteiger partial charge on any atom is 0.128 e. The molecule has 1 aromatic carbocycles. The lowest BCUT2D eigenvalue weighted by Gasteiger charge is -2.22. The third-order valence-corrected chi connectivity index (χ3v) is 5.31. The molecule has 26 heavy (non-hydrogen) atoms. The summed E-state index contributed by atoms with van der Waals surface area (Å²) >= 11 is 0. The van der Waals surface area contributed by atoms with Crippen LogP contribution < -0.4 is 10.9 Å². The van der Waals surface area contributed by atoms with Gasteiger partial charge in [-0.15, -0.1) is 0 Å². The van der Waals surface area contributed by atoms with Crippen LogP contribution in [0.3, 0.4) is 0 Å². The maximum atomic E-state index is 4.81. The van der Waals surface area contributed by atoms with E-state index in [9.17, 15) is 0 Å². The highest BCUT2D eigenvalue weighted by molar-refractivity contribution is 5.63. The molecule has 0 bridgehead atoms. The predicted molar refractivity (Wildman–Crippen MR) is 103 cm³/mol. The van der Waals surface area contributed by atoms with Crippen LogP contribution >= 0.6 is 0 Å². The SMILES string of the molecule is CCn1ccnc1Cn1cnc(-c2ccccc2)c1C1C(C)NNC1C. The number of rotatable bonds is 5. The van der Waals surface area contributed by atoms with Crippen molar-refractivity contribution in [3.05, 3.63) is 60.6 Å². The van der Waals surface area contributed by atoms with Gasteiger partial charge in [-0.25, -0.2) is 9.97 Å². The van der Waals surface area contributed by atoms with E-state index in [1.807, 2.05) is 24.8 Å². The minimum absolute atomic E-state index is 0.328. The van der Waals surface area contributed by atoms with Gasteiger partial charge in [-0.05, 0) is 20.8 Å². The van der Waals surface area contributed by atoms with E-state index in [1.54, 1.807) is 0 Å². The van der Waals surface area contributed by atoms with Crippen LogP contribution in [0.4, 0.5) is 0 Å². The minimum atomic E-state index is 0.328. The zero-order valence-electron chi connectivity index (χ0n) is 15.6. The van der Waals surface area contributed by atoms with E-state index >= 15 is 0 Å². The Morgan fingerprint density at radius 3 is 2.42 bits per heavy atom. The van der Waals surface area contributed by atoms with Crippen LogP contribution in [-0.2, 0) is 13.1 Å². The van der Waals surface area contributed by atoms with E-state index in [1.165, 1.54) is 5.69 Å². The monoisotopic (exact) mass is 350 g/mol. The highest BCUT2D eigenvalue weighted by Crippen LogP contribution is 2.34. The number of hydrogen-bond acceptors (Lipinski definition) is 4. The molecule has 2 unspecified atom stereocenters.